The van der Waals surface area contributed by atoms with Gasteiger partial charge in [-0.15, -0.1) is 0 Å². The van der Waals surface area contributed by atoms with Gasteiger partial charge in [-0.1, -0.05) is 47.5 Å². The standard InChI is InChI=1S/C39H54F2N6O9S/c1-8-20(2)57(52,53)46-36(50)39(18-24(39)32(40)41)45-33(48)30-21(3)29-19-47(30)35(49)31(38(4,5)6)44-37(51)56-28-16-22(28)12-10-9-11-13-26-34(55-29)43-27-17-23(54-7)14-15-25(27)42-26/h14-15,17,20-22,24,28-32H,8-13,16,18-19H2,1-7H3,(H,44,51)(H,45,48)(H,46,50). The Morgan fingerprint density at radius 1 is 1.11 bits per heavy atom. The van der Waals surface area contributed by atoms with Crippen molar-refractivity contribution in [2.75, 3.05) is 13.7 Å². The number of nitrogens with zero attached hydrogens (tertiary/aromatic N) is 3. The summed E-state index contributed by atoms with van der Waals surface area (Å²) in [4.78, 5) is 67.0. The van der Waals surface area contributed by atoms with E-state index in [1.807, 2.05) is 4.72 Å². The molecule has 1 saturated heterocycles. The first-order valence-electron chi connectivity index (χ1n) is 19.7. The fourth-order valence-electron chi connectivity index (χ4n) is 7.83. The van der Waals surface area contributed by atoms with E-state index in [0.29, 0.717) is 35.3 Å². The number of methoxy groups -OCH3 is 1. The highest BCUT2D eigenvalue weighted by molar-refractivity contribution is 7.90. The van der Waals surface area contributed by atoms with Gasteiger partial charge in [0.05, 0.1) is 35.9 Å². The third-order valence-corrected chi connectivity index (χ3v) is 13.8. The predicted molar refractivity (Wildman–Crippen MR) is 204 cm³/mol. The van der Waals surface area contributed by atoms with Crippen LogP contribution in [0.5, 0.6) is 11.6 Å². The lowest BCUT2D eigenvalue weighted by Crippen LogP contribution is -2.61. The zero-order valence-corrected chi connectivity index (χ0v) is 34.3. The number of carbonyl (C=O) groups excluding carboxylic acids is 4. The summed E-state index contributed by atoms with van der Waals surface area (Å²) in [6, 6.07) is 2.67. The second kappa shape index (κ2) is 16.1. The molecule has 314 valence electrons. The van der Waals surface area contributed by atoms with Gasteiger partial charge in [-0.05, 0) is 68.9 Å². The topological polar surface area (TPSA) is 195 Å². The van der Waals surface area contributed by atoms with Gasteiger partial charge in [-0.25, -0.2) is 32.0 Å². The van der Waals surface area contributed by atoms with Crippen LogP contribution in [0.1, 0.15) is 92.2 Å². The number of benzene rings is 1. The summed E-state index contributed by atoms with van der Waals surface area (Å²) in [7, 11) is -2.73. The largest absolute Gasteiger partial charge is 0.497 e. The van der Waals surface area contributed by atoms with E-state index in [9.17, 15) is 36.4 Å². The van der Waals surface area contributed by atoms with Crippen molar-refractivity contribution in [3.63, 3.8) is 0 Å². The van der Waals surface area contributed by atoms with E-state index in [1.165, 1.54) is 18.9 Å². The maximum atomic E-state index is 14.7. The summed E-state index contributed by atoms with van der Waals surface area (Å²) in [6.07, 6.45) is -0.772. The molecule has 0 radical (unpaired) electrons. The van der Waals surface area contributed by atoms with E-state index in [-0.39, 0.29) is 30.9 Å². The lowest BCUT2D eigenvalue weighted by molar-refractivity contribution is -0.143. The van der Waals surface area contributed by atoms with Crippen molar-refractivity contribution in [1.82, 2.24) is 30.2 Å². The normalized spacial score (nSPS) is 30.1. The molecule has 2 aromatic rings. The SMILES string of the molecule is CCC(C)S(=O)(=O)NC(=O)C1(NC(=O)C2C(C)C3CN2C(=O)C(C(C)(C)C)NC(=O)OC2CC2CCCCCc2nc4ccc(OC)cc4nc2O3)CC1C(F)F. The van der Waals surface area contributed by atoms with Crippen molar-refractivity contribution < 1.29 is 50.6 Å². The second-order valence-corrected chi connectivity index (χ2v) is 19.2. The Morgan fingerprint density at radius 2 is 1.84 bits per heavy atom. The number of fused-ring (bicyclic) bond motifs is 5. The minimum Gasteiger partial charge on any atom is -0.497 e. The molecule has 15 nitrogen and oxygen atoms in total. The summed E-state index contributed by atoms with van der Waals surface area (Å²) in [5.41, 5.74) is -1.47. The minimum atomic E-state index is -4.26. The Labute approximate surface area is 331 Å². The maximum absolute atomic E-state index is 14.7. The number of halogens is 2. The number of amides is 4. The van der Waals surface area contributed by atoms with Crippen molar-refractivity contribution in [3.05, 3.63) is 23.9 Å². The highest BCUT2D eigenvalue weighted by Gasteiger charge is 2.67. The highest BCUT2D eigenvalue weighted by atomic mass is 32.2. The van der Waals surface area contributed by atoms with E-state index >= 15 is 0 Å². The lowest BCUT2D eigenvalue weighted by atomic mass is 9.85. The first kappa shape index (κ1) is 42.3. The summed E-state index contributed by atoms with van der Waals surface area (Å²) in [5.74, 6) is -4.47. The minimum absolute atomic E-state index is 0.146. The van der Waals surface area contributed by atoms with E-state index in [2.05, 4.69) is 10.6 Å². The fraction of sp³-hybridized carbons (Fsp3) is 0.692. The van der Waals surface area contributed by atoms with E-state index < -0.39 is 92.9 Å². The van der Waals surface area contributed by atoms with Crippen LogP contribution in [0.4, 0.5) is 13.6 Å². The van der Waals surface area contributed by atoms with Gasteiger partial charge < -0.3 is 29.7 Å². The van der Waals surface area contributed by atoms with Crippen molar-refractivity contribution in [3.8, 4) is 11.6 Å². The molecular formula is C39H54F2N6O9S. The Morgan fingerprint density at radius 3 is 2.49 bits per heavy atom. The van der Waals surface area contributed by atoms with E-state index in [4.69, 9.17) is 24.2 Å². The maximum Gasteiger partial charge on any atom is 0.408 e. The Bertz CT molecular complexity index is 2000. The molecule has 2 bridgehead atoms. The van der Waals surface area contributed by atoms with Gasteiger partial charge in [0, 0.05) is 12.0 Å². The Kier molecular flexibility index (Phi) is 12.0. The van der Waals surface area contributed by atoms with Crippen LogP contribution in [0, 0.1) is 23.2 Å². The monoisotopic (exact) mass is 820 g/mol. The molecule has 2 saturated carbocycles. The van der Waals surface area contributed by atoms with Crippen LogP contribution in [-0.2, 0) is 35.6 Å². The molecule has 18 heteroatoms. The number of sulfonamides is 1. The average molecular weight is 821 g/mol. The summed E-state index contributed by atoms with van der Waals surface area (Å²) >= 11 is 0. The molecule has 2 aliphatic carbocycles. The highest BCUT2D eigenvalue weighted by Crippen LogP contribution is 2.48. The van der Waals surface area contributed by atoms with Gasteiger partial charge in [0.25, 0.3) is 5.91 Å². The molecule has 9 atom stereocenters. The second-order valence-electron chi connectivity index (χ2n) is 17.1. The Balaban J connectivity index is 1.38. The first-order valence-corrected chi connectivity index (χ1v) is 21.3. The van der Waals surface area contributed by atoms with Crippen molar-refractivity contribution in [1.29, 1.82) is 0 Å². The quantitative estimate of drug-likeness (QED) is 0.345. The van der Waals surface area contributed by atoms with Crippen molar-refractivity contribution in [2.45, 2.75) is 134 Å². The molecule has 1 aromatic carbocycles. The van der Waals surface area contributed by atoms with E-state index in [0.717, 1.165) is 25.7 Å². The predicted octanol–water partition coefficient (Wildman–Crippen LogP) is 4.26. The van der Waals surface area contributed by atoms with Gasteiger partial charge in [0.2, 0.25) is 34.1 Å². The number of hydrogen-bond donors (Lipinski definition) is 3. The van der Waals surface area contributed by atoms with Crippen LogP contribution < -0.4 is 24.8 Å². The van der Waals surface area contributed by atoms with Crippen LogP contribution in [0.25, 0.3) is 11.0 Å². The number of ether oxygens (including phenoxy) is 3. The number of aryl methyl sites for hydroxylation is 1. The van der Waals surface area contributed by atoms with Crippen LogP contribution in [-0.4, -0.2) is 102 Å². The zero-order valence-electron chi connectivity index (χ0n) is 33.5. The molecule has 1 aromatic heterocycles. The molecule has 9 unspecified atom stereocenters. The molecule has 57 heavy (non-hydrogen) atoms. The summed E-state index contributed by atoms with van der Waals surface area (Å²) in [6.45, 7) is 9.65. The van der Waals surface area contributed by atoms with Gasteiger partial charge in [-0.2, -0.15) is 0 Å². The number of nitrogens with one attached hydrogen (secondary N) is 3. The van der Waals surface area contributed by atoms with E-state index in [1.54, 1.807) is 52.8 Å². The number of carbonyl (C=O) groups is 4. The smallest absolute Gasteiger partial charge is 0.408 e. The third-order valence-electron chi connectivity index (χ3n) is 11.9. The summed E-state index contributed by atoms with van der Waals surface area (Å²) < 4.78 is 73.9. The lowest BCUT2D eigenvalue weighted by Gasteiger charge is -2.36. The molecule has 0 spiro atoms. The van der Waals surface area contributed by atoms with Gasteiger partial charge in [-0.3, -0.25) is 19.1 Å². The number of alkyl carbamates (subject to hydrolysis) is 1. The van der Waals surface area contributed by atoms with Crippen LogP contribution >= 0.6 is 0 Å². The van der Waals surface area contributed by atoms with Crippen LogP contribution in [0.2, 0.25) is 0 Å². The van der Waals surface area contributed by atoms with Crippen molar-refractivity contribution in [2.24, 2.45) is 23.2 Å². The molecule has 4 aliphatic rings. The third kappa shape index (κ3) is 8.89. The van der Waals surface area contributed by atoms with Gasteiger partial charge in [0.1, 0.15) is 41.3 Å². The average Bonchev–Trinajstić information content (AvgIpc) is 4.04. The number of alkyl halides is 2. The van der Waals surface area contributed by atoms with Crippen LogP contribution in [0.3, 0.4) is 0 Å². The molecule has 3 fully saturated rings. The zero-order chi connectivity index (χ0) is 41.6. The fourth-order valence-corrected chi connectivity index (χ4v) is 8.91. The van der Waals surface area contributed by atoms with Crippen molar-refractivity contribution >= 4 is 44.9 Å². The number of rotatable bonds is 8. The van der Waals surface area contributed by atoms with Gasteiger partial charge >= 0.3 is 6.09 Å². The number of hydrogen-bond acceptors (Lipinski definition) is 11. The Hall–Kier alpha value is -4.35. The molecule has 2 aliphatic heterocycles. The molecule has 4 amide bonds. The molecule has 6 rings (SSSR count). The van der Waals surface area contributed by atoms with Crippen LogP contribution in [0.15, 0.2) is 18.2 Å². The molecule has 3 heterocycles. The molecule has 3 N–H and O–H groups in total. The first-order chi connectivity index (χ1) is 26.8. The number of aromatic nitrogens is 2. The summed E-state index contributed by atoms with van der Waals surface area (Å²) in [5, 5.41) is 4.17. The molecular weight excluding hydrogens is 767 g/mol. The van der Waals surface area contributed by atoms with Gasteiger partial charge in [0.15, 0.2) is 0 Å².